The standard InChI is InChI=1S/C18H12N4OS/c23-17-9-15(6-5-13-3-1-7-19-10-13)21-18-22(17)16(12-24-18)14-4-2-8-20-11-14/h1-12H. The lowest BCUT2D eigenvalue weighted by Gasteiger charge is -2.01. The first-order valence-electron chi connectivity index (χ1n) is 7.31. The summed E-state index contributed by atoms with van der Waals surface area (Å²) >= 11 is 1.44. The van der Waals surface area contributed by atoms with Crippen molar-refractivity contribution < 1.29 is 0 Å². The van der Waals surface area contributed by atoms with Gasteiger partial charge >= 0.3 is 0 Å². The molecule has 0 aliphatic heterocycles. The summed E-state index contributed by atoms with van der Waals surface area (Å²) in [6, 6.07) is 9.12. The highest BCUT2D eigenvalue weighted by atomic mass is 32.1. The van der Waals surface area contributed by atoms with Gasteiger partial charge in [0.25, 0.3) is 5.56 Å². The van der Waals surface area contributed by atoms with Crippen molar-refractivity contribution in [2.45, 2.75) is 0 Å². The van der Waals surface area contributed by atoms with Crippen LogP contribution >= 0.6 is 11.3 Å². The average molecular weight is 332 g/mol. The van der Waals surface area contributed by atoms with Gasteiger partial charge in [-0.1, -0.05) is 12.1 Å². The second-order valence-electron chi connectivity index (χ2n) is 5.12. The van der Waals surface area contributed by atoms with Gasteiger partial charge in [-0.25, -0.2) is 4.98 Å². The Kier molecular flexibility index (Phi) is 3.72. The van der Waals surface area contributed by atoms with E-state index in [1.54, 1.807) is 29.2 Å². The monoisotopic (exact) mass is 332 g/mol. The molecule has 0 radical (unpaired) electrons. The van der Waals surface area contributed by atoms with E-state index in [0.717, 1.165) is 16.8 Å². The third-order valence-corrected chi connectivity index (χ3v) is 4.34. The Morgan fingerprint density at radius 2 is 1.88 bits per heavy atom. The fourth-order valence-electron chi connectivity index (χ4n) is 2.39. The fourth-order valence-corrected chi connectivity index (χ4v) is 3.30. The van der Waals surface area contributed by atoms with Crippen molar-refractivity contribution in [2.75, 3.05) is 0 Å². The predicted octanol–water partition coefficient (Wildman–Crippen LogP) is 3.38. The van der Waals surface area contributed by atoms with Crippen molar-refractivity contribution in [1.82, 2.24) is 19.4 Å². The molecule has 0 saturated carbocycles. The SMILES string of the molecule is O=c1cc(C=Cc2cccnc2)nc2scc(-c3cccnc3)n12. The van der Waals surface area contributed by atoms with E-state index >= 15 is 0 Å². The quantitative estimate of drug-likeness (QED) is 0.577. The Bertz CT molecular complexity index is 1070. The Morgan fingerprint density at radius 1 is 1.04 bits per heavy atom. The van der Waals surface area contributed by atoms with E-state index in [1.165, 1.54) is 17.4 Å². The molecule has 4 aromatic rings. The summed E-state index contributed by atoms with van der Waals surface area (Å²) in [4.78, 5) is 25.9. The Labute approximate surface area is 141 Å². The zero-order valence-corrected chi connectivity index (χ0v) is 13.4. The zero-order valence-electron chi connectivity index (χ0n) is 12.5. The Morgan fingerprint density at radius 3 is 2.62 bits per heavy atom. The maximum absolute atomic E-state index is 12.5. The minimum atomic E-state index is -0.106. The minimum Gasteiger partial charge on any atom is -0.269 e. The summed E-state index contributed by atoms with van der Waals surface area (Å²) in [7, 11) is 0. The molecule has 0 bridgehead atoms. The molecule has 4 aromatic heterocycles. The fraction of sp³-hybridized carbons (Fsp3) is 0. The number of rotatable bonds is 3. The van der Waals surface area contributed by atoms with E-state index in [9.17, 15) is 4.79 Å². The molecule has 0 fully saturated rings. The second kappa shape index (κ2) is 6.17. The molecular formula is C18H12N4OS. The number of nitrogens with zero attached hydrogens (tertiary/aromatic N) is 4. The third kappa shape index (κ3) is 2.75. The molecule has 5 nitrogen and oxygen atoms in total. The molecule has 0 unspecified atom stereocenters. The van der Waals surface area contributed by atoms with Crippen molar-refractivity contribution >= 4 is 28.4 Å². The predicted molar refractivity (Wildman–Crippen MR) is 95.7 cm³/mol. The topological polar surface area (TPSA) is 60.2 Å². The highest BCUT2D eigenvalue weighted by molar-refractivity contribution is 7.15. The van der Waals surface area contributed by atoms with Gasteiger partial charge in [-0.2, -0.15) is 0 Å². The van der Waals surface area contributed by atoms with Crippen LogP contribution in [0.3, 0.4) is 0 Å². The highest BCUT2D eigenvalue weighted by Crippen LogP contribution is 2.23. The van der Waals surface area contributed by atoms with Gasteiger partial charge in [0.05, 0.1) is 11.4 Å². The number of aromatic nitrogens is 4. The maximum atomic E-state index is 12.5. The van der Waals surface area contributed by atoms with Crippen LogP contribution in [0.4, 0.5) is 0 Å². The van der Waals surface area contributed by atoms with Crippen molar-refractivity contribution in [3.05, 3.63) is 82.1 Å². The molecule has 0 N–H and O–H groups in total. The first-order valence-corrected chi connectivity index (χ1v) is 8.19. The number of fused-ring (bicyclic) bond motifs is 1. The summed E-state index contributed by atoms with van der Waals surface area (Å²) in [6.45, 7) is 0. The lowest BCUT2D eigenvalue weighted by Crippen LogP contribution is -2.13. The molecule has 0 saturated heterocycles. The van der Waals surface area contributed by atoms with Gasteiger partial charge in [0, 0.05) is 41.8 Å². The molecule has 0 amide bonds. The summed E-state index contributed by atoms with van der Waals surface area (Å²) in [5.74, 6) is 0. The molecule has 24 heavy (non-hydrogen) atoms. The van der Waals surface area contributed by atoms with E-state index in [0.29, 0.717) is 10.7 Å². The normalized spacial score (nSPS) is 11.3. The van der Waals surface area contributed by atoms with E-state index in [2.05, 4.69) is 15.0 Å². The molecule has 0 atom stereocenters. The Balaban J connectivity index is 1.77. The largest absolute Gasteiger partial charge is 0.269 e. The maximum Gasteiger partial charge on any atom is 0.259 e. The van der Waals surface area contributed by atoms with Gasteiger partial charge < -0.3 is 0 Å². The van der Waals surface area contributed by atoms with Gasteiger partial charge in [-0.05, 0) is 29.8 Å². The molecule has 4 heterocycles. The number of pyridine rings is 2. The van der Waals surface area contributed by atoms with Crippen LogP contribution in [0.25, 0.3) is 28.4 Å². The summed E-state index contributed by atoms with van der Waals surface area (Å²) in [5, 5.41) is 1.93. The van der Waals surface area contributed by atoms with Crippen LogP contribution in [0.15, 0.2) is 65.3 Å². The van der Waals surface area contributed by atoms with E-state index in [-0.39, 0.29) is 5.56 Å². The average Bonchev–Trinajstić information content (AvgIpc) is 3.06. The highest BCUT2D eigenvalue weighted by Gasteiger charge is 2.10. The van der Waals surface area contributed by atoms with E-state index in [4.69, 9.17) is 0 Å². The van der Waals surface area contributed by atoms with Gasteiger partial charge in [-0.15, -0.1) is 11.3 Å². The van der Waals surface area contributed by atoms with Crippen LogP contribution < -0.4 is 5.56 Å². The molecule has 116 valence electrons. The summed E-state index contributed by atoms with van der Waals surface area (Å²) < 4.78 is 1.61. The number of thiazole rings is 1. The van der Waals surface area contributed by atoms with Gasteiger partial charge in [-0.3, -0.25) is 19.2 Å². The van der Waals surface area contributed by atoms with Gasteiger partial charge in [0.15, 0.2) is 4.96 Å². The van der Waals surface area contributed by atoms with Crippen LogP contribution in [0.1, 0.15) is 11.3 Å². The first-order chi connectivity index (χ1) is 11.8. The lowest BCUT2D eigenvalue weighted by atomic mass is 10.2. The van der Waals surface area contributed by atoms with Crippen molar-refractivity contribution in [1.29, 1.82) is 0 Å². The van der Waals surface area contributed by atoms with Crippen LogP contribution in [-0.2, 0) is 0 Å². The van der Waals surface area contributed by atoms with Crippen molar-refractivity contribution in [3.63, 3.8) is 0 Å². The second-order valence-corrected chi connectivity index (χ2v) is 5.96. The van der Waals surface area contributed by atoms with Crippen molar-refractivity contribution in [3.8, 4) is 11.3 Å². The number of hydrogen-bond acceptors (Lipinski definition) is 5. The van der Waals surface area contributed by atoms with Gasteiger partial charge in [0.2, 0.25) is 0 Å². The summed E-state index contributed by atoms with van der Waals surface area (Å²) in [5.41, 5.74) is 3.19. The molecule has 0 spiro atoms. The van der Waals surface area contributed by atoms with Crippen molar-refractivity contribution in [2.24, 2.45) is 0 Å². The van der Waals surface area contributed by atoms with Crippen LogP contribution in [0, 0.1) is 0 Å². The smallest absolute Gasteiger partial charge is 0.259 e. The lowest BCUT2D eigenvalue weighted by molar-refractivity contribution is 1.07. The van der Waals surface area contributed by atoms with E-state index < -0.39 is 0 Å². The molecule has 0 aliphatic carbocycles. The first kappa shape index (κ1) is 14.5. The molecule has 0 aliphatic rings. The number of hydrogen-bond donors (Lipinski definition) is 0. The molecule has 4 rings (SSSR count). The van der Waals surface area contributed by atoms with Crippen LogP contribution in [0.5, 0.6) is 0 Å². The van der Waals surface area contributed by atoms with Gasteiger partial charge in [0.1, 0.15) is 0 Å². The minimum absolute atomic E-state index is 0.106. The summed E-state index contributed by atoms with van der Waals surface area (Å²) in [6.07, 6.45) is 10.6. The molecule has 0 aromatic carbocycles. The van der Waals surface area contributed by atoms with Crippen LogP contribution in [-0.4, -0.2) is 19.4 Å². The zero-order chi connectivity index (χ0) is 16.4. The molecular weight excluding hydrogens is 320 g/mol. The van der Waals surface area contributed by atoms with E-state index in [1.807, 2.05) is 41.8 Å². The Hall–Kier alpha value is -3.12. The molecule has 6 heteroatoms. The van der Waals surface area contributed by atoms with Crippen LogP contribution in [0.2, 0.25) is 0 Å². The third-order valence-electron chi connectivity index (χ3n) is 3.51.